The molecule has 1 amide bonds. The summed E-state index contributed by atoms with van der Waals surface area (Å²) in [5, 5.41) is 9.33. The minimum absolute atomic E-state index is 0.0361. The number of halogens is 1. The standard InChI is InChI=1S/C15H19FN2O3/c1-2-9-5-6-18(13(7-9)15(20)21)14(19)10-3-4-12(17)11(16)8-10/h3-4,8-9,13H,2,5-7,17H2,1H3,(H,20,21). The van der Waals surface area contributed by atoms with Crippen LogP contribution in [0.5, 0.6) is 0 Å². The van der Waals surface area contributed by atoms with E-state index in [0.29, 0.717) is 18.9 Å². The largest absolute Gasteiger partial charge is 0.480 e. The van der Waals surface area contributed by atoms with Crippen LogP contribution in [-0.2, 0) is 4.79 Å². The quantitative estimate of drug-likeness (QED) is 0.836. The maximum atomic E-state index is 13.5. The number of piperidine rings is 1. The molecule has 0 aromatic heterocycles. The van der Waals surface area contributed by atoms with Gasteiger partial charge in [0.05, 0.1) is 5.69 Å². The van der Waals surface area contributed by atoms with Crippen LogP contribution in [0.4, 0.5) is 10.1 Å². The fraction of sp³-hybridized carbons (Fsp3) is 0.467. The summed E-state index contributed by atoms with van der Waals surface area (Å²) in [5.41, 5.74) is 5.48. The summed E-state index contributed by atoms with van der Waals surface area (Å²) in [6, 6.07) is 2.95. The molecule has 3 N–H and O–H groups in total. The predicted octanol–water partition coefficient (Wildman–Crippen LogP) is 2.12. The van der Waals surface area contributed by atoms with Crippen LogP contribution in [0.3, 0.4) is 0 Å². The number of carboxylic acids is 1. The molecule has 2 unspecified atom stereocenters. The van der Waals surface area contributed by atoms with Crippen molar-refractivity contribution in [3.8, 4) is 0 Å². The van der Waals surface area contributed by atoms with Crippen molar-refractivity contribution in [3.63, 3.8) is 0 Å². The molecule has 5 nitrogen and oxygen atoms in total. The van der Waals surface area contributed by atoms with Gasteiger partial charge in [0.25, 0.3) is 5.91 Å². The lowest BCUT2D eigenvalue weighted by molar-refractivity contribution is -0.144. The third-order valence-electron chi connectivity index (χ3n) is 4.08. The first kappa shape index (κ1) is 15.3. The number of nitrogens with two attached hydrogens (primary N) is 1. The second-order valence-electron chi connectivity index (χ2n) is 5.39. The molecule has 6 heteroatoms. The van der Waals surface area contributed by atoms with Gasteiger partial charge in [0.1, 0.15) is 11.9 Å². The number of rotatable bonds is 3. The van der Waals surface area contributed by atoms with Crippen molar-refractivity contribution in [2.45, 2.75) is 32.2 Å². The topological polar surface area (TPSA) is 83.6 Å². The van der Waals surface area contributed by atoms with Crippen LogP contribution in [0.1, 0.15) is 36.5 Å². The fourth-order valence-corrected chi connectivity index (χ4v) is 2.71. The Morgan fingerprint density at radius 1 is 1.48 bits per heavy atom. The molecule has 0 radical (unpaired) electrons. The van der Waals surface area contributed by atoms with E-state index in [9.17, 15) is 19.1 Å². The highest BCUT2D eigenvalue weighted by Gasteiger charge is 2.36. The molecule has 2 rings (SSSR count). The minimum Gasteiger partial charge on any atom is -0.480 e. The first-order valence-electron chi connectivity index (χ1n) is 7.02. The monoisotopic (exact) mass is 294 g/mol. The molecule has 2 atom stereocenters. The van der Waals surface area contributed by atoms with E-state index in [1.165, 1.54) is 17.0 Å². The van der Waals surface area contributed by atoms with Gasteiger partial charge in [-0.15, -0.1) is 0 Å². The Morgan fingerprint density at radius 3 is 2.76 bits per heavy atom. The van der Waals surface area contributed by atoms with Crippen molar-refractivity contribution in [1.29, 1.82) is 0 Å². The molecular weight excluding hydrogens is 275 g/mol. The SMILES string of the molecule is CCC1CCN(C(=O)c2ccc(N)c(F)c2)C(C(=O)O)C1. The van der Waals surface area contributed by atoms with E-state index in [2.05, 4.69) is 0 Å². The number of anilines is 1. The van der Waals surface area contributed by atoms with Crippen molar-refractivity contribution in [2.24, 2.45) is 5.92 Å². The van der Waals surface area contributed by atoms with E-state index in [-0.39, 0.29) is 11.3 Å². The maximum Gasteiger partial charge on any atom is 0.326 e. The van der Waals surface area contributed by atoms with E-state index in [0.717, 1.165) is 18.9 Å². The number of carbonyl (C=O) groups is 2. The first-order chi connectivity index (χ1) is 9.93. The van der Waals surface area contributed by atoms with Crippen molar-refractivity contribution in [3.05, 3.63) is 29.6 Å². The van der Waals surface area contributed by atoms with Crippen molar-refractivity contribution < 1.29 is 19.1 Å². The van der Waals surface area contributed by atoms with Gasteiger partial charge in [-0.1, -0.05) is 13.3 Å². The zero-order chi connectivity index (χ0) is 15.6. The smallest absolute Gasteiger partial charge is 0.326 e. The molecule has 21 heavy (non-hydrogen) atoms. The molecular formula is C15H19FN2O3. The molecule has 1 aromatic rings. The summed E-state index contributed by atoms with van der Waals surface area (Å²) < 4.78 is 13.5. The van der Waals surface area contributed by atoms with Crippen LogP contribution in [0.2, 0.25) is 0 Å². The number of benzene rings is 1. The van der Waals surface area contributed by atoms with Crippen LogP contribution in [-0.4, -0.2) is 34.5 Å². The van der Waals surface area contributed by atoms with Crippen LogP contribution >= 0.6 is 0 Å². The molecule has 0 aliphatic carbocycles. The number of nitrogen functional groups attached to an aromatic ring is 1. The molecule has 1 fully saturated rings. The van der Waals surface area contributed by atoms with E-state index in [1.54, 1.807) is 0 Å². The molecule has 1 aliphatic heterocycles. The normalized spacial score (nSPS) is 22.1. The van der Waals surface area contributed by atoms with Crippen LogP contribution in [0.25, 0.3) is 0 Å². The van der Waals surface area contributed by atoms with Crippen molar-refractivity contribution >= 4 is 17.6 Å². The predicted molar refractivity (Wildman–Crippen MR) is 76.3 cm³/mol. The first-order valence-corrected chi connectivity index (χ1v) is 7.02. The number of nitrogens with zero attached hydrogens (tertiary/aromatic N) is 1. The highest BCUT2D eigenvalue weighted by molar-refractivity contribution is 5.97. The number of carbonyl (C=O) groups excluding carboxylic acids is 1. The molecule has 0 saturated carbocycles. The Hall–Kier alpha value is -2.11. The third-order valence-corrected chi connectivity index (χ3v) is 4.08. The van der Waals surface area contributed by atoms with E-state index < -0.39 is 23.7 Å². The molecule has 1 saturated heterocycles. The summed E-state index contributed by atoms with van der Waals surface area (Å²) in [7, 11) is 0. The maximum absolute atomic E-state index is 13.5. The minimum atomic E-state index is -1.02. The van der Waals surface area contributed by atoms with Gasteiger partial charge >= 0.3 is 5.97 Å². The molecule has 1 aliphatic rings. The van der Waals surface area contributed by atoms with E-state index >= 15 is 0 Å². The summed E-state index contributed by atoms with van der Waals surface area (Å²) in [4.78, 5) is 25.1. The highest BCUT2D eigenvalue weighted by atomic mass is 19.1. The van der Waals surface area contributed by atoms with Gasteiger partial charge in [-0.25, -0.2) is 9.18 Å². The molecule has 0 spiro atoms. The van der Waals surface area contributed by atoms with Gasteiger partial charge in [-0.3, -0.25) is 4.79 Å². The Kier molecular flexibility index (Phi) is 4.45. The molecule has 114 valence electrons. The highest BCUT2D eigenvalue weighted by Crippen LogP contribution is 2.27. The summed E-state index contributed by atoms with van der Waals surface area (Å²) in [6.45, 7) is 2.39. The van der Waals surface area contributed by atoms with E-state index in [1.807, 2.05) is 6.92 Å². The number of aliphatic carboxylic acids is 1. The zero-order valence-electron chi connectivity index (χ0n) is 11.9. The average Bonchev–Trinajstić information content (AvgIpc) is 2.48. The van der Waals surface area contributed by atoms with Crippen LogP contribution in [0, 0.1) is 11.7 Å². The molecule has 1 aromatic carbocycles. The fourth-order valence-electron chi connectivity index (χ4n) is 2.71. The number of likely N-dealkylation sites (tertiary alicyclic amines) is 1. The lowest BCUT2D eigenvalue weighted by Gasteiger charge is -2.37. The lowest BCUT2D eigenvalue weighted by atomic mass is 9.88. The van der Waals surface area contributed by atoms with Gasteiger partial charge in [-0.05, 0) is 37.0 Å². The lowest BCUT2D eigenvalue weighted by Crippen LogP contribution is -2.50. The Morgan fingerprint density at radius 2 is 2.19 bits per heavy atom. The van der Waals surface area contributed by atoms with Gasteiger partial charge < -0.3 is 15.7 Å². The summed E-state index contributed by atoms with van der Waals surface area (Å²) in [5.74, 6) is -1.84. The number of amides is 1. The van der Waals surface area contributed by atoms with Crippen LogP contribution in [0.15, 0.2) is 18.2 Å². The summed E-state index contributed by atoms with van der Waals surface area (Å²) in [6.07, 6.45) is 2.10. The van der Waals surface area contributed by atoms with Gasteiger partial charge in [-0.2, -0.15) is 0 Å². The van der Waals surface area contributed by atoms with Gasteiger partial charge in [0, 0.05) is 12.1 Å². The van der Waals surface area contributed by atoms with E-state index in [4.69, 9.17) is 5.73 Å². The number of hydrogen-bond donors (Lipinski definition) is 2. The van der Waals surface area contributed by atoms with Crippen molar-refractivity contribution in [1.82, 2.24) is 4.90 Å². The molecule has 1 heterocycles. The Bertz CT molecular complexity index is 562. The van der Waals surface area contributed by atoms with Crippen molar-refractivity contribution in [2.75, 3.05) is 12.3 Å². The van der Waals surface area contributed by atoms with Gasteiger partial charge in [0.15, 0.2) is 0 Å². The van der Waals surface area contributed by atoms with Crippen LogP contribution < -0.4 is 5.73 Å². The second-order valence-corrected chi connectivity index (χ2v) is 5.39. The Labute approximate surface area is 122 Å². The summed E-state index contributed by atoms with van der Waals surface area (Å²) >= 11 is 0. The zero-order valence-corrected chi connectivity index (χ0v) is 11.9. The average molecular weight is 294 g/mol. The third kappa shape index (κ3) is 3.15. The second kappa shape index (κ2) is 6.11. The Balaban J connectivity index is 2.24. The number of hydrogen-bond acceptors (Lipinski definition) is 3. The van der Waals surface area contributed by atoms with Gasteiger partial charge in [0.2, 0.25) is 0 Å². The number of carboxylic acid groups (broad SMARTS) is 1. The molecule has 0 bridgehead atoms.